The van der Waals surface area contributed by atoms with E-state index < -0.39 is 0 Å². The van der Waals surface area contributed by atoms with Gasteiger partial charge in [0, 0.05) is 6.04 Å². The van der Waals surface area contributed by atoms with Crippen LogP contribution >= 0.6 is 0 Å². The molecule has 0 aromatic rings. The van der Waals surface area contributed by atoms with Crippen LogP contribution < -0.4 is 5.73 Å². The van der Waals surface area contributed by atoms with Gasteiger partial charge in [0.15, 0.2) is 0 Å². The van der Waals surface area contributed by atoms with Crippen LogP contribution in [-0.2, 0) is 0 Å². The van der Waals surface area contributed by atoms with Gasteiger partial charge in [-0.3, -0.25) is 0 Å². The maximum absolute atomic E-state index is 5.85. The molecule has 1 rings (SSSR count). The van der Waals surface area contributed by atoms with Gasteiger partial charge in [0.2, 0.25) is 0 Å². The van der Waals surface area contributed by atoms with Crippen LogP contribution in [0.15, 0.2) is 23.3 Å². The minimum Gasteiger partial charge on any atom is -0.324 e. The smallest absolute Gasteiger partial charge is 0.0297 e. The summed E-state index contributed by atoms with van der Waals surface area (Å²) in [6, 6.07) is 0.302. The zero-order valence-corrected chi connectivity index (χ0v) is 6.72. The Morgan fingerprint density at radius 1 is 1.60 bits per heavy atom. The molecule has 0 aromatic carbocycles. The maximum atomic E-state index is 5.85. The first-order valence-electron chi connectivity index (χ1n) is 3.83. The van der Waals surface area contributed by atoms with Crippen molar-refractivity contribution in [2.75, 3.05) is 0 Å². The van der Waals surface area contributed by atoms with Crippen molar-refractivity contribution in [1.82, 2.24) is 0 Å². The van der Waals surface area contributed by atoms with Gasteiger partial charge in [-0.05, 0) is 32.3 Å². The lowest BCUT2D eigenvalue weighted by Gasteiger charge is -2.03. The summed E-state index contributed by atoms with van der Waals surface area (Å²) in [6.45, 7) is 4.20. The molecular formula is C9H15N. The van der Waals surface area contributed by atoms with Crippen LogP contribution in [0.25, 0.3) is 0 Å². The topological polar surface area (TPSA) is 26.0 Å². The zero-order chi connectivity index (χ0) is 7.56. The number of hydrogen-bond donors (Lipinski definition) is 1. The van der Waals surface area contributed by atoms with Crippen LogP contribution in [0.1, 0.15) is 26.7 Å². The first-order chi connectivity index (χ1) is 4.75. The van der Waals surface area contributed by atoms with Gasteiger partial charge in [-0.1, -0.05) is 17.7 Å². The number of rotatable bonds is 1. The number of allylic oxidation sites excluding steroid dienone is 2. The summed E-state index contributed by atoms with van der Waals surface area (Å²) in [5, 5.41) is 0. The molecule has 1 nitrogen and oxygen atoms in total. The molecule has 0 amide bonds. The second kappa shape index (κ2) is 3.02. The molecule has 0 fully saturated rings. The molecule has 10 heavy (non-hydrogen) atoms. The van der Waals surface area contributed by atoms with Crippen molar-refractivity contribution in [3.8, 4) is 0 Å². The zero-order valence-electron chi connectivity index (χ0n) is 6.72. The molecule has 1 unspecified atom stereocenters. The summed E-state index contributed by atoms with van der Waals surface area (Å²) in [5.74, 6) is 0. The van der Waals surface area contributed by atoms with E-state index in [1.807, 2.05) is 6.92 Å². The molecule has 0 radical (unpaired) electrons. The quantitative estimate of drug-likeness (QED) is 0.587. The minimum atomic E-state index is 0.302. The highest BCUT2D eigenvalue weighted by Crippen LogP contribution is 2.25. The Labute approximate surface area is 62.6 Å². The van der Waals surface area contributed by atoms with Gasteiger partial charge < -0.3 is 5.73 Å². The minimum absolute atomic E-state index is 0.302. The Hall–Kier alpha value is -0.560. The summed E-state index contributed by atoms with van der Waals surface area (Å²) >= 11 is 0. The molecule has 1 aliphatic carbocycles. The SMILES string of the molecule is C/C=C\C1=C(C)CCC1N. The van der Waals surface area contributed by atoms with Crippen LogP contribution in [-0.4, -0.2) is 6.04 Å². The first-order valence-corrected chi connectivity index (χ1v) is 3.83. The van der Waals surface area contributed by atoms with Crippen molar-refractivity contribution in [3.63, 3.8) is 0 Å². The number of hydrogen-bond acceptors (Lipinski definition) is 1. The van der Waals surface area contributed by atoms with Crippen LogP contribution in [0.3, 0.4) is 0 Å². The van der Waals surface area contributed by atoms with Crippen molar-refractivity contribution in [2.45, 2.75) is 32.7 Å². The highest BCUT2D eigenvalue weighted by Gasteiger charge is 2.16. The van der Waals surface area contributed by atoms with E-state index in [1.165, 1.54) is 17.6 Å². The van der Waals surface area contributed by atoms with Crippen molar-refractivity contribution in [1.29, 1.82) is 0 Å². The maximum Gasteiger partial charge on any atom is 0.0297 e. The van der Waals surface area contributed by atoms with E-state index in [2.05, 4.69) is 19.1 Å². The van der Waals surface area contributed by atoms with E-state index in [1.54, 1.807) is 0 Å². The van der Waals surface area contributed by atoms with Gasteiger partial charge in [0.1, 0.15) is 0 Å². The predicted molar refractivity (Wildman–Crippen MR) is 44.7 cm³/mol. The van der Waals surface area contributed by atoms with Crippen LogP contribution in [0.5, 0.6) is 0 Å². The van der Waals surface area contributed by atoms with Gasteiger partial charge >= 0.3 is 0 Å². The molecule has 0 saturated heterocycles. The Balaban J connectivity index is 2.77. The fourth-order valence-electron chi connectivity index (χ4n) is 1.43. The molecule has 0 aliphatic heterocycles. The fourth-order valence-corrected chi connectivity index (χ4v) is 1.43. The van der Waals surface area contributed by atoms with Crippen LogP contribution in [0, 0.1) is 0 Å². The molecule has 0 heterocycles. The van der Waals surface area contributed by atoms with E-state index in [9.17, 15) is 0 Å². The Morgan fingerprint density at radius 2 is 2.30 bits per heavy atom. The molecule has 2 N–H and O–H groups in total. The third-order valence-corrected chi connectivity index (χ3v) is 2.07. The monoisotopic (exact) mass is 137 g/mol. The predicted octanol–water partition coefficient (Wildman–Crippen LogP) is 2.00. The van der Waals surface area contributed by atoms with Gasteiger partial charge in [-0.15, -0.1) is 0 Å². The van der Waals surface area contributed by atoms with E-state index in [-0.39, 0.29) is 0 Å². The van der Waals surface area contributed by atoms with Gasteiger partial charge in [0.25, 0.3) is 0 Å². The van der Waals surface area contributed by atoms with Gasteiger partial charge in [-0.25, -0.2) is 0 Å². The van der Waals surface area contributed by atoms with Crippen molar-refractivity contribution < 1.29 is 0 Å². The second-order valence-electron chi connectivity index (χ2n) is 2.88. The lowest BCUT2D eigenvalue weighted by Crippen LogP contribution is -2.17. The van der Waals surface area contributed by atoms with E-state index in [4.69, 9.17) is 5.73 Å². The molecule has 1 heteroatoms. The Morgan fingerprint density at radius 3 is 2.70 bits per heavy atom. The van der Waals surface area contributed by atoms with Crippen LogP contribution in [0.4, 0.5) is 0 Å². The van der Waals surface area contributed by atoms with E-state index in [0.29, 0.717) is 6.04 Å². The molecule has 0 bridgehead atoms. The third kappa shape index (κ3) is 1.29. The molecule has 0 aromatic heterocycles. The van der Waals surface area contributed by atoms with Crippen molar-refractivity contribution in [3.05, 3.63) is 23.3 Å². The molecule has 0 spiro atoms. The van der Waals surface area contributed by atoms with E-state index >= 15 is 0 Å². The largest absolute Gasteiger partial charge is 0.324 e. The summed E-state index contributed by atoms with van der Waals surface area (Å²) in [6.07, 6.45) is 6.50. The summed E-state index contributed by atoms with van der Waals surface area (Å²) in [5.41, 5.74) is 8.66. The molecule has 0 saturated carbocycles. The van der Waals surface area contributed by atoms with E-state index in [0.717, 1.165) is 6.42 Å². The lowest BCUT2D eigenvalue weighted by molar-refractivity contribution is 0.758. The highest BCUT2D eigenvalue weighted by molar-refractivity contribution is 5.33. The normalized spacial score (nSPS) is 26.9. The fraction of sp³-hybridized carbons (Fsp3) is 0.556. The van der Waals surface area contributed by atoms with Gasteiger partial charge in [0.05, 0.1) is 0 Å². The third-order valence-electron chi connectivity index (χ3n) is 2.07. The standard InChI is InChI=1S/C9H15N/c1-3-4-8-7(2)5-6-9(8)10/h3-4,9H,5-6,10H2,1-2H3/b4-3-. The van der Waals surface area contributed by atoms with Crippen molar-refractivity contribution >= 4 is 0 Å². The first kappa shape index (κ1) is 7.55. The molecular weight excluding hydrogens is 122 g/mol. The Bertz CT molecular complexity index is 177. The van der Waals surface area contributed by atoms with Gasteiger partial charge in [-0.2, -0.15) is 0 Å². The summed E-state index contributed by atoms with van der Waals surface area (Å²) < 4.78 is 0. The second-order valence-corrected chi connectivity index (χ2v) is 2.88. The van der Waals surface area contributed by atoms with Crippen molar-refractivity contribution in [2.24, 2.45) is 5.73 Å². The summed E-state index contributed by atoms with van der Waals surface area (Å²) in [4.78, 5) is 0. The summed E-state index contributed by atoms with van der Waals surface area (Å²) in [7, 11) is 0. The number of nitrogens with two attached hydrogens (primary N) is 1. The molecule has 1 atom stereocenters. The average Bonchev–Trinajstić information content (AvgIpc) is 2.20. The highest BCUT2D eigenvalue weighted by atomic mass is 14.6. The van der Waals surface area contributed by atoms with Crippen LogP contribution in [0.2, 0.25) is 0 Å². The molecule has 56 valence electrons. The molecule has 1 aliphatic rings. The Kier molecular flexibility index (Phi) is 2.28. The average molecular weight is 137 g/mol. The lowest BCUT2D eigenvalue weighted by atomic mass is 10.1.